The fraction of sp³-hybridized carbons (Fsp3) is 0.320. The maximum atomic E-state index is 12.5. The van der Waals surface area contributed by atoms with Gasteiger partial charge in [0.25, 0.3) is 0 Å². The highest BCUT2D eigenvalue weighted by Gasteiger charge is 2.34. The van der Waals surface area contributed by atoms with Gasteiger partial charge in [-0.25, -0.2) is 14.8 Å². The van der Waals surface area contributed by atoms with Crippen molar-refractivity contribution in [2.75, 3.05) is 22.1 Å². The van der Waals surface area contributed by atoms with E-state index in [9.17, 15) is 4.79 Å². The number of piperidine rings is 2. The van der Waals surface area contributed by atoms with Gasteiger partial charge in [0.15, 0.2) is 0 Å². The Balaban J connectivity index is 1.17. The van der Waals surface area contributed by atoms with E-state index in [1.165, 1.54) is 25.7 Å². The molecule has 0 spiro atoms. The van der Waals surface area contributed by atoms with Crippen LogP contribution < -0.4 is 15.5 Å². The molecule has 1 aliphatic carbocycles. The zero-order valence-corrected chi connectivity index (χ0v) is 18.8. The van der Waals surface area contributed by atoms with Gasteiger partial charge in [0.05, 0.1) is 20.7 Å². The number of nitrogens with one attached hydrogen (secondary N) is 2. The molecule has 2 bridgehead atoms. The van der Waals surface area contributed by atoms with E-state index in [-0.39, 0.29) is 6.03 Å². The number of benzene rings is 2. The molecule has 7 heteroatoms. The van der Waals surface area contributed by atoms with Crippen molar-refractivity contribution in [3.63, 3.8) is 0 Å². The van der Waals surface area contributed by atoms with E-state index in [1.54, 1.807) is 11.3 Å². The van der Waals surface area contributed by atoms with Gasteiger partial charge in [0.2, 0.25) is 0 Å². The van der Waals surface area contributed by atoms with Gasteiger partial charge in [0.1, 0.15) is 5.82 Å². The van der Waals surface area contributed by atoms with Crippen molar-refractivity contribution in [2.45, 2.75) is 38.6 Å². The molecule has 2 amide bonds. The number of rotatable bonds is 3. The van der Waals surface area contributed by atoms with Gasteiger partial charge in [-0.2, -0.15) is 0 Å². The van der Waals surface area contributed by atoms with Crippen LogP contribution in [0.2, 0.25) is 0 Å². The summed E-state index contributed by atoms with van der Waals surface area (Å²) >= 11 is 1.62. The molecule has 0 radical (unpaired) electrons. The van der Waals surface area contributed by atoms with Crippen molar-refractivity contribution in [3.8, 4) is 0 Å². The van der Waals surface area contributed by atoms with Crippen LogP contribution in [0.3, 0.4) is 0 Å². The quantitative estimate of drug-likeness (QED) is 0.397. The van der Waals surface area contributed by atoms with E-state index in [0.29, 0.717) is 6.04 Å². The van der Waals surface area contributed by atoms with Gasteiger partial charge >= 0.3 is 6.03 Å². The largest absolute Gasteiger partial charge is 0.353 e. The predicted octanol–water partition coefficient (Wildman–Crippen LogP) is 6.18. The Bertz CT molecular complexity index is 1320. The Kier molecular flexibility index (Phi) is 4.72. The molecule has 3 fully saturated rings. The number of fused-ring (bicyclic) bond motifs is 5. The lowest BCUT2D eigenvalue weighted by Crippen LogP contribution is -2.48. The standard InChI is InChI=1S/C25H25N5OS/c1-15-26-22-10-6-19(13-23(22)32-15)28-25(31)27-18-5-9-21-17(12-18)4-11-24(29-21)30-14-16-2-7-20(30)8-3-16/h4-6,9-13,16,20H,2-3,7-8,14H2,1H3,(H2,27,28,31). The Hall–Kier alpha value is -3.19. The fourth-order valence-corrected chi connectivity index (χ4v) is 5.98. The van der Waals surface area contributed by atoms with E-state index >= 15 is 0 Å². The van der Waals surface area contributed by atoms with Crippen LogP contribution in [0, 0.1) is 12.8 Å². The predicted molar refractivity (Wildman–Crippen MR) is 132 cm³/mol. The van der Waals surface area contributed by atoms with Crippen LogP contribution in [0.5, 0.6) is 0 Å². The normalized spacial score (nSPS) is 20.1. The number of thiazole rings is 1. The number of amides is 2. The van der Waals surface area contributed by atoms with Crippen molar-refractivity contribution < 1.29 is 4.79 Å². The Morgan fingerprint density at radius 1 is 0.938 bits per heavy atom. The third-order valence-corrected chi connectivity index (χ3v) is 7.63. The first-order valence-electron chi connectivity index (χ1n) is 11.2. The molecule has 3 aliphatic rings. The van der Waals surface area contributed by atoms with Crippen LogP contribution in [0.25, 0.3) is 21.1 Å². The van der Waals surface area contributed by atoms with E-state index in [0.717, 1.165) is 55.8 Å². The third-order valence-electron chi connectivity index (χ3n) is 6.69. The second kappa shape index (κ2) is 7.74. The lowest BCUT2D eigenvalue weighted by molar-refractivity contribution is 0.251. The maximum absolute atomic E-state index is 12.5. The minimum absolute atomic E-state index is 0.265. The number of anilines is 3. The number of carbonyl (C=O) groups excluding carboxylic acids is 1. The number of nitrogens with zero attached hydrogens (tertiary/aromatic N) is 3. The molecule has 2 aromatic carbocycles. The molecule has 2 N–H and O–H groups in total. The van der Waals surface area contributed by atoms with Gasteiger partial charge in [-0.05, 0) is 87.1 Å². The van der Waals surface area contributed by atoms with Crippen LogP contribution in [0.4, 0.5) is 22.0 Å². The zero-order chi connectivity index (χ0) is 21.7. The summed E-state index contributed by atoms with van der Waals surface area (Å²) in [6.45, 7) is 3.12. The van der Waals surface area contributed by atoms with Gasteiger partial charge in [0, 0.05) is 29.3 Å². The highest BCUT2D eigenvalue weighted by Crippen LogP contribution is 2.37. The smallest absolute Gasteiger partial charge is 0.323 e. The highest BCUT2D eigenvalue weighted by atomic mass is 32.1. The van der Waals surface area contributed by atoms with Crippen molar-refractivity contribution in [1.82, 2.24) is 9.97 Å². The summed E-state index contributed by atoms with van der Waals surface area (Å²) in [5, 5.41) is 7.89. The average Bonchev–Trinajstić information content (AvgIpc) is 3.18. The van der Waals surface area contributed by atoms with Crippen molar-refractivity contribution in [3.05, 3.63) is 53.5 Å². The van der Waals surface area contributed by atoms with Crippen LogP contribution in [-0.2, 0) is 0 Å². The Labute approximate surface area is 190 Å². The summed E-state index contributed by atoms with van der Waals surface area (Å²) in [6, 6.07) is 16.3. The molecule has 0 unspecified atom stereocenters. The summed E-state index contributed by atoms with van der Waals surface area (Å²) in [5.41, 5.74) is 3.41. The van der Waals surface area contributed by atoms with Gasteiger partial charge in [-0.3, -0.25) is 0 Å². The topological polar surface area (TPSA) is 70.1 Å². The molecule has 1 saturated carbocycles. The summed E-state index contributed by atoms with van der Waals surface area (Å²) in [5.74, 6) is 1.91. The number of urea groups is 1. The maximum Gasteiger partial charge on any atom is 0.323 e. The molecule has 4 heterocycles. The highest BCUT2D eigenvalue weighted by molar-refractivity contribution is 7.18. The minimum atomic E-state index is -0.265. The van der Waals surface area contributed by atoms with Crippen molar-refractivity contribution in [1.29, 1.82) is 0 Å². The fourth-order valence-electron chi connectivity index (χ4n) is 5.11. The molecule has 2 saturated heterocycles. The molecule has 2 aliphatic heterocycles. The van der Waals surface area contributed by atoms with Crippen LogP contribution in [0.15, 0.2) is 48.5 Å². The summed E-state index contributed by atoms with van der Waals surface area (Å²) in [7, 11) is 0. The second-order valence-electron chi connectivity index (χ2n) is 8.90. The van der Waals surface area contributed by atoms with E-state index in [4.69, 9.17) is 4.98 Å². The molecule has 0 atom stereocenters. The molecule has 4 aromatic rings. The van der Waals surface area contributed by atoms with Crippen molar-refractivity contribution in [2.24, 2.45) is 5.92 Å². The van der Waals surface area contributed by atoms with E-state index in [2.05, 4.69) is 32.7 Å². The lowest BCUT2D eigenvalue weighted by Gasteiger charge is -2.46. The number of aromatic nitrogens is 2. The number of hydrogen-bond donors (Lipinski definition) is 2. The molecule has 32 heavy (non-hydrogen) atoms. The van der Waals surface area contributed by atoms with Crippen LogP contribution in [-0.4, -0.2) is 28.6 Å². The molecular weight excluding hydrogens is 418 g/mol. The van der Waals surface area contributed by atoms with Gasteiger partial charge in [-0.15, -0.1) is 11.3 Å². The minimum Gasteiger partial charge on any atom is -0.353 e. The van der Waals surface area contributed by atoms with Crippen LogP contribution in [0.1, 0.15) is 30.7 Å². The second-order valence-corrected chi connectivity index (χ2v) is 10.1. The summed E-state index contributed by atoms with van der Waals surface area (Å²) in [6.07, 6.45) is 5.31. The third kappa shape index (κ3) is 3.66. The number of carbonyl (C=O) groups is 1. The van der Waals surface area contributed by atoms with Gasteiger partial charge in [-0.1, -0.05) is 0 Å². The zero-order valence-electron chi connectivity index (χ0n) is 18.0. The molecule has 2 aromatic heterocycles. The van der Waals surface area contributed by atoms with Crippen molar-refractivity contribution >= 4 is 55.7 Å². The Morgan fingerprint density at radius 2 is 1.69 bits per heavy atom. The van der Waals surface area contributed by atoms with Crippen LogP contribution >= 0.6 is 11.3 Å². The first kappa shape index (κ1) is 19.5. The molecule has 162 valence electrons. The monoisotopic (exact) mass is 443 g/mol. The Morgan fingerprint density at radius 3 is 2.44 bits per heavy atom. The number of hydrogen-bond acceptors (Lipinski definition) is 5. The number of pyridine rings is 1. The molecular formula is C25H25N5OS. The number of aryl methyl sites for hydroxylation is 1. The summed E-state index contributed by atoms with van der Waals surface area (Å²) in [4.78, 5) is 24.4. The van der Waals surface area contributed by atoms with E-state index in [1.807, 2.05) is 43.3 Å². The molecule has 6 nitrogen and oxygen atoms in total. The average molecular weight is 444 g/mol. The lowest BCUT2D eigenvalue weighted by atomic mass is 9.80. The SMILES string of the molecule is Cc1nc2ccc(NC(=O)Nc3ccc4nc(N5CC6CCC5CC6)ccc4c3)cc2s1. The molecule has 7 rings (SSSR count). The first-order chi connectivity index (χ1) is 15.6. The van der Waals surface area contributed by atoms with Gasteiger partial charge < -0.3 is 15.5 Å². The van der Waals surface area contributed by atoms with E-state index < -0.39 is 0 Å². The summed E-state index contributed by atoms with van der Waals surface area (Å²) < 4.78 is 1.06. The first-order valence-corrected chi connectivity index (χ1v) is 12.0.